The molecule has 1 aromatic rings. The molecule has 8 nitrogen and oxygen atoms in total. The topological polar surface area (TPSA) is 105 Å². The zero-order valence-electron chi connectivity index (χ0n) is 13.1. The van der Waals surface area contributed by atoms with Crippen LogP contribution in [0.3, 0.4) is 0 Å². The number of nitrogens with one attached hydrogen (secondary N) is 2. The third-order valence-electron chi connectivity index (χ3n) is 4.13. The van der Waals surface area contributed by atoms with Crippen molar-refractivity contribution in [3.8, 4) is 0 Å². The lowest BCUT2D eigenvalue weighted by atomic mass is 10.0. The second-order valence-electron chi connectivity index (χ2n) is 5.71. The van der Waals surface area contributed by atoms with Gasteiger partial charge in [-0.15, -0.1) is 0 Å². The van der Waals surface area contributed by atoms with E-state index in [0.29, 0.717) is 23.2 Å². The van der Waals surface area contributed by atoms with Crippen LogP contribution in [0.5, 0.6) is 0 Å². The lowest BCUT2D eigenvalue weighted by Crippen LogP contribution is -2.52. The molecule has 8 heteroatoms. The maximum atomic E-state index is 12.6. The molecule has 126 valence electrons. The summed E-state index contributed by atoms with van der Waals surface area (Å²) in [5, 5.41) is 4.97. The molecule has 4 amide bonds. The summed E-state index contributed by atoms with van der Waals surface area (Å²) in [6.07, 6.45) is 0.504. The summed E-state index contributed by atoms with van der Waals surface area (Å²) in [6.45, 7) is 0.123. The van der Waals surface area contributed by atoms with Crippen molar-refractivity contribution in [3.63, 3.8) is 0 Å². The fourth-order valence-electron chi connectivity index (χ4n) is 3.02. The van der Waals surface area contributed by atoms with E-state index in [4.69, 9.17) is 4.74 Å². The average molecular weight is 331 g/mol. The first-order chi connectivity index (χ1) is 11.5. The molecule has 1 aromatic carbocycles. The Labute approximate surface area is 138 Å². The molecule has 0 bridgehead atoms. The van der Waals surface area contributed by atoms with E-state index in [1.54, 1.807) is 18.2 Å². The van der Waals surface area contributed by atoms with Gasteiger partial charge in [-0.05, 0) is 18.6 Å². The number of ether oxygens (including phenoxy) is 1. The highest BCUT2D eigenvalue weighted by Crippen LogP contribution is 2.32. The number of nitrogens with zero attached hydrogens (tertiary/aromatic N) is 1. The van der Waals surface area contributed by atoms with Crippen molar-refractivity contribution >= 4 is 29.3 Å². The van der Waals surface area contributed by atoms with Crippen molar-refractivity contribution in [1.82, 2.24) is 10.2 Å². The first-order valence-electron chi connectivity index (χ1n) is 7.56. The van der Waals surface area contributed by atoms with Crippen molar-refractivity contribution in [1.29, 1.82) is 0 Å². The summed E-state index contributed by atoms with van der Waals surface area (Å²) in [4.78, 5) is 49.1. The standard InChI is InChI=1S/C16H17N3O5/c1-24-8-14(21)17-11-4-2-3-9-10(11)7-19(16(9)23)12-5-6-13(20)18-15(12)22/h2-4,12H,5-8H2,1H3,(H,17,21)(H,18,20,22). The highest BCUT2D eigenvalue weighted by molar-refractivity contribution is 6.06. The summed E-state index contributed by atoms with van der Waals surface area (Å²) in [7, 11) is 1.42. The smallest absolute Gasteiger partial charge is 0.255 e. The van der Waals surface area contributed by atoms with Gasteiger partial charge < -0.3 is 15.0 Å². The molecule has 0 saturated carbocycles. The predicted octanol–water partition coefficient (Wildman–Crippen LogP) is 0.0325. The fourth-order valence-corrected chi connectivity index (χ4v) is 3.02. The molecular formula is C16H17N3O5. The first kappa shape index (κ1) is 16.1. The number of carbonyl (C=O) groups excluding carboxylic acids is 4. The molecule has 1 fully saturated rings. The number of benzene rings is 1. The number of piperidine rings is 1. The molecule has 0 spiro atoms. The predicted molar refractivity (Wildman–Crippen MR) is 83.0 cm³/mol. The van der Waals surface area contributed by atoms with E-state index < -0.39 is 11.9 Å². The van der Waals surface area contributed by atoms with E-state index in [9.17, 15) is 19.2 Å². The van der Waals surface area contributed by atoms with Crippen molar-refractivity contribution in [3.05, 3.63) is 29.3 Å². The van der Waals surface area contributed by atoms with Crippen LogP contribution in [0.15, 0.2) is 18.2 Å². The Balaban J connectivity index is 1.83. The van der Waals surface area contributed by atoms with Gasteiger partial charge in [0.2, 0.25) is 17.7 Å². The summed E-state index contributed by atoms with van der Waals surface area (Å²) in [6, 6.07) is 4.36. The number of hydrogen-bond donors (Lipinski definition) is 2. The highest BCUT2D eigenvalue weighted by Gasteiger charge is 2.39. The highest BCUT2D eigenvalue weighted by atomic mass is 16.5. The monoisotopic (exact) mass is 331 g/mol. The first-order valence-corrected chi connectivity index (χ1v) is 7.56. The van der Waals surface area contributed by atoms with Crippen molar-refractivity contribution < 1.29 is 23.9 Å². The maximum Gasteiger partial charge on any atom is 0.255 e. The van der Waals surface area contributed by atoms with Gasteiger partial charge in [0.15, 0.2) is 0 Å². The third kappa shape index (κ3) is 2.88. The minimum absolute atomic E-state index is 0.0888. The van der Waals surface area contributed by atoms with E-state index in [1.165, 1.54) is 12.0 Å². The Morgan fingerprint density at radius 2 is 2.17 bits per heavy atom. The Bertz CT molecular complexity index is 730. The van der Waals surface area contributed by atoms with Gasteiger partial charge in [-0.2, -0.15) is 0 Å². The van der Waals surface area contributed by atoms with Gasteiger partial charge in [-0.1, -0.05) is 6.07 Å². The molecule has 1 atom stereocenters. The van der Waals surface area contributed by atoms with E-state index in [-0.39, 0.29) is 37.3 Å². The zero-order chi connectivity index (χ0) is 17.3. The van der Waals surface area contributed by atoms with Crippen LogP contribution in [0.4, 0.5) is 5.69 Å². The molecule has 3 rings (SSSR count). The van der Waals surface area contributed by atoms with Gasteiger partial charge in [0.1, 0.15) is 12.6 Å². The van der Waals surface area contributed by atoms with Gasteiger partial charge in [-0.25, -0.2) is 0 Å². The van der Waals surface area contributed by atoms with Crippen molar-refractivity contribution in [2.24, 2.45) is 0 Å². The lowest BCUT2D eigenvalue weighted by Gasteiger charge is -2.29. The molecule has 2 heterocycles. The molecule has 24 heavy (non-hydrogen) atoms. The largest absolute Gasteiger partial charge is 0.375 e. The lowest BCUT2D eigenvalue weighted by molar-refractivity contribution is -0.137. The summed E-state index contributed by atoms with van der Waals surface area (Å²) in [5.74, 6) is -1.38. The number of methoxy groups -OCH3 is 1. The quantitative estimate of drug-likeness (QED) is 0.758. The molecular weight excluding hydrogens is 314 g/mol. The van der Waals surface area contributed by atoms with Crippen LogP contribution in [-0.4, -0.2) is 48.3 Å². The van der Waals surface area contributed by atoms with Gasteiger partial charge in [0, 0.05) is 36.9 Å². The third-order valence-corrected chi connectivity index (χ3v) is 4.13. The zero-order valence-corrected chi connectivity index (χ0v) is 13.1. The van der Waals surface area contributed by atoms with Crippen LogP contribution in [-0.2, 0) is 25.7 Å². The van der Waals surface area contributed by atoms with Crippen LogP contribution < -0.4 is 10.6 Å². The Morgan fingerprint density at radius 1 is 1.38 bits per heavy atom. The summed E-state index contributed by atoms with van der Waals surface area (Å²) in [5.41, 5.74) is 1.64. The van der Waals surface area contributed by atoms with Crippen molar-refractivity contribution in [2.75, 3.05) is 19.0 Å². The minimum Gasteiger partial charge on any atom is -0.375 e. The minimum atomic E-state index is -0.676. The van der Waals surface area contributed by atoms with Crippen molar-refractivity contribution in [2.45, 2.75) is 25.4 Å². The van der Waals surface area contributed by atoms with E-state index >= 15 is 0 Å². The molecule has 2 N–H and O–H groups in total. The average Bonchev–Trinajstić information content (AvgIpc) is 2.86. The molecule has 0 aliphatic carbocycles. The van der Waals surface area contributed by atoms with Gasteiger partial charge >= 0.3 is 0 Å². The van der Waals surface area contributed by atoms with Crippen LogP contribution in [0.25, 0.3) is 0 Å². The maximum absolute atomic E-state index is 12.6. The number of fused-ring (bicyclic) bond motifs is 1. The molecule has 0 radical (unpaired) electrons. The van der Waals surface area contributed by atoms with Crippen LogP contribution in [0.1, 0.15) is 28.8 Å². The van der Waals surface area contributed by atoms with E-state index in [2.05, 4.69) is 10.6 Å². The SMILES string of the molecule is COCC(=O)Nc1cccc2c1CN(C1CCC(=O)NC1=O)C2=O. The number of anilines is 1. The number of hydrogen-bond acceptors (Lipinski definition) is 5. The summed E-state index contributed by atoms with van der Waals surface area (Å²) < 4.78 is 4.78. The molecule has 1 unspecified atom stereocenters. The molecule has 2 aliphatic heterocycles. The van der Waals surface area contributed by atoms with E-state index in [0.717, 1.165) is 0 Å². The second kappa shape index (κ2) is 6.40. The number of amides is 4. The molecule has 0 aromatic heterocycles. The number of carbonyl (C=O) groups is 4. The normalized spacial score (nSPS) is 20.0. The van der Waals surface area contributed by atoms with Gasteiger partial charge in [0.25, 0.3) is 5.91 Å². The Kier molecular flexibility index (Phi) is 4.30. The Morgan fingerprint density at radius 3 is 2.88 bits per heavy atom. The number of rotatable bonds is 4. The van der Waals surface area contributed by atoms with Gasteiger partial charge in [0.05, 0.1) is 0 Å². The van der Waals surface area contributed by atoms with Gasteiger partial charge in [-0.3, -0.25) is 24.5 Å². The molecule has 2 aliphatic rings. The van der Waals surface area contributed by atoms with Crippen LogP contribution in [0, 0.1) is 0 Å². The van der Waals surface area contributed by atoms with E-state index in [1.807, 2.05) is 0 Å². The second-order valence-corrected chi connectivity index (χ2v) is 5.71. The van der Waals surface area contributed by atoms with Crippen LogP contribution in [0.2, 0.25) is 0 Å². The Hall–Kier alpha value is -2.74. The summed E-state index contributed by atoms with van der Waals surface area (Å²) >= 11 is 0. The number of imide groups is 1. The fraction of sp³-hybridized carbons (Fsp3) is 0.375. The van der Waals surface area contributed by atoms with Crippen LogP contribution >= 0.6 is 0 Å². The molecule has 1 saturated heterocycles.